The Hall–Kier alpha value is -1.66. The van der Waals surface area contributed by atoms with Gasteiger partial charge in [-0.15, -0.1) is 0 Å². The fourth-order valence-corrected chi connectivity index (χ4v) is 4.56. The van der Waals surface area contributed by atoms with Crippen LogP contribution in [0.3, 0.4) is 0 Å². The highest BCUT2D eigenvalue weighted by Gasteiger charge is 2.25. The third kappa shape index (κ3) is 5.67. The van der Waals surface area contributed by atoms with E-state index in [1.165, 1.54) is 17.5 Å². The lowest BCUT2D eigenvalue weighted by molar-refractivity contribution is 0.460. The van der Waals surface area contributed by atoms with Crippen LogP contribution >= 0.6 is 23.4 Å². The van der Waals surface area contributed by atoms with Crippen LogP contribution in [0.4, 0.5) is 0 Å². The number of thioether (sulfide) groups is 1. The van der Waals surface area contributed by atoms with Crippen LogP contribution in [-0.2, 0) is 13.5 Å². The predicted molar refractivity (Wildman–Crippen MR) is 120 cm³/mol. The van der Waals surface area contributed by atoms with E-state index in [0.29, 0.717) is 11.2 Å². The lowest BCUT2D eigenvalue weighted by atomic mass is 10.0. The molecule has 1 aliphatic heterocycles. The molecule has 0 radical (unpaired) electrons. The van der Waals surface area contributed by atoms with Gasteiger partial charge in [-0.25, -0.2) is 0 Å². The largest absolute Gasteiger partial charge is 0.357 e. The van der Waals surface area contributed by atoms with E-state index >= 15 is 0 Å². The van der Waals surface area contributed by atoms with Crippen molar-refractivity contribution in [2.75, 3.05) is 32.4 Å². The number of benzene rings is 1. The van der Waals surface area contributed by atoms with Crippen molar-refractivity contribution in [1.29, 1.82) is 0 Å². The SMILES string of the molecule is CCNC(=NCC(SC)c1cccc(Cl)c1)N1CCC(Cc2cnn(C)c2)C1. The Morgan fingerprint density at radius 1 is 1.46 bits per heavy atom. The molecule has 0 saturated carbocycles. The number of aliphatic imine (C=N–C) groups is 1. The molecule has 5 nitrogen and oxygen atoms in total. The van der Waals surface area contributed by atoms with Crippen molar-refractivity contribution in [3.05, 3.63) is 52.8 Å². The van der Waals surface area contributed by atoms with E-state index in [2.05, 4.69) is 40.8 Å². The summed E-state index contributed by atoms with van der Waals surface area (Å²) in [6.07, 6.45) is 8.51. The molecule has 2 unspecified atom stereocenters. The van der Waals surface area contributed by atoms with Crippen LogP contribution in [0, 0.1) is 5.92 Å². The zero-order chi connectivity index (χ0) is 19.9. The molecule has 3 rings (SSSR count). The van der Waals surface area contributed by atoms with Gasteiger partial charge in [-0.2, -0.15) is 16.9 Å². The topological polar surface area (TPSA) is 45.5 Å². The van der Waals surface area contributed by atoms with Gasteiger partial charge in [0.25, 0.3) is 0 Å². The quantitative estimate of drug-likeness (QED) is 0.544. The maximum atomic E-state index is 6.17. The molecule has 1 N–H and O–H groups in total. The first-order chi connectivity index (χ1) is 13.6. The lowest BCUT2D eigenvalue weighted by Crippen LogP contribution is -2.40. The van der Waals surface area contributed by atoms with Crippen molar-refractivity contribution >= 4 is 29.3 Å². The standard InChI is InChI=1S/C21H30ClN5S/c1-4-23-21(24-13-20(28-3)18-6-5-7-19(22)11-18)27-9-8-16(15-27)10-17-12-25-26(2)14-17/h5-7,11-12,14,16,20H,4,8-10,13,15H2,1-3H3,(H,23,24). The summed E-state index contributed by atoms with van der Waals surface area (Å²) in [7, 11) is 1.97. The van der Waals surface area contributed by atoms with Crippen LogP contribution in [0.25, 0.3) is 0 Å². The monoisotopic (exact) mass is 419 g/mol. The molecule has 1 fully saturated rings. The first kappa shape index (κ1) is 21.1. The van der Waals surface area contributed by atoms with E-state index in [1.807, 2.05) is 47.9 Å². The summed E-state index contributed by atoms with van der Waals surface area (Å²) in [6, 6.07) is 8.11. The summed E-state index contributed by atoms with van der Waals surface area (Å²) in [5, 5.41) is 8.86. The van der Waals surface area contributed by atoms with Gasteiger partial charge in [-0.1, -0.05) is 23.7 Å². The van der Waals surface area contributed by atoms with E-state index in [-0.39, 0.29) is 0 Å². The number of guanidine groups is 1. The molecule has 7 heteroatoms. The van der Waals surface area contributed by atoms with Crippen molar-refractivity contribution in [2.45, 2.75) is 25.0 Å². The summed E-state index contributed by atoms with van der Waals surface area (Å²) in [4.78, 5) is 7.37. The number of aryl methyl sites for hydroxylation is 1. The Labute approximate surface area is 177 Å². The number of nitrogens with zero attached hydrogens (tertiary/aromatic N) is 4. The molecule has 0 aliphatic carbocycles. The predicted octanol–water partition coefficient (Wildman–Crippen LogP) is 4.01. The Morgan fingerprint density at radius 3 is 3.00 bits per heavy atom. The Morgan fingerprint density at radius 2 is 2.32 bits per heavy atom. The highest BCUT2D eigenvalue weighted by molar-refractivity contribution is 7.98. The van der Waals surface area contributed by atoms with E-state index in [9.17, 15) is 0 Å². The molecule has 2 heterocycles. The van der Waals surface area contributed by atoms with Crippen molar-refractivity contribution in [1.82, 2.24) is 20.0 Å². The number of hydrogen-bond donors (Lipinski definition) is 1. The molecule has 2 atom stereocenters. The second kappa shape index (κ2) is 10.2. The number of halogens is 1. The maximum Gasteiger partial charge on any atom is 0.193 e. The molecule has 1 saturated heterocycles. The number of aromatic nitrogens is 2. The molecule has 1 aromatic carbocycles. The molecule has 28 heavy (non-hydrogen) atoms. The zero-order valence-corrected chi connectivity index (χ0v) is 18.5. The van der Waals surface area contributed by atoms with Crippen molar-refractivity contribution in [3.8, 4) is 0 Å². The summed E-state index contributed by atoms with van der Waals surface area (Å²) in [6.45, 7) is 5.85. The van der Waals surface area contributed by atoms with Gasteiger partial charge in [0.15, 0.2) is 5.96 Å². The number of rotatable bonds is 7. The van der Waals surface area contributed by atoms with E-state index in [0.717, 1.165) is 43.6 Å². The molecular weight excluding hydrogens is 390 g/mol. The molecule has 0 spiro atoms. The fourth-order valence-electron chi connectivity index (χ4n) is 3.72. The summed E-state index contributed by atoms with van der Waals surface area (Å²) in [5.41, 5.74) is 2.55. The first-order valence-corrected chi connectivity index (χ1v) is 11.5. The Kier molecular flexibility index (Phi) is 7.68. The van der Waals surface area contributed by atoms with Crippen LogP contribution in [0.2, 0.25) is 5.02 Å². The van der Waals surface area contributed by atoms with Gasteiger partial charge in [0.1, 0.15) is 0 Å². The molecular formula is C21H30ClN5S. The van der Waals surface area contributed by atoms with Gasteiger partial charge in [-0.05, 0) is 55.2 Å². The van der Waals surface area contributed by atoms with E-state index in [1.54, 1.807) is 0 Å². The molecule has 0 amide bonds. The first-order valence-electron chi connectivity index (χ1n) is 9.88. The molecule has 0 bridgehead atoms. The Bertz CT molecular complexity index is 791. The second-order valence-corrected chi connectivity index (χ2v) is 8.78. The third-order valence-electron chi connectivity index (χ3n) is 5.11. The molecule has 2 aromatic rings. The maximum absolute atomic E-state index is 6.17. The smallest absolute Gasteiger partial charge is 0.193 e. The van der Waals surface area contributed by atoms with E-state index < -0.39 is 0 Å². The minimum atomic E-state index is 0.307. The highest BCUT2D eigenvalue weighted by atomic mass is 35.5. The van der Waals surface area contributed by atoms with Crippen molar-refractivity contribution in [3.63, 3.8) is 0 Å². The normalized spacial score (nSPS) is 18.5. The minimum Gasteiger partial charge on any atom is -0.357 e. The lowest BCUT2D eigenvalue weighted by Gasteiger charge is -2.23. The van der Waals surface area contributed by atoms with Crippen LogP contribution in [0.1, 0.15) is 29.7 Å². The minimum absolute atomic E-state index is 0.307. The third-order valence-corrected chi connectivity index (χ3v) is 6.34. The van der Waals surface area contributed by atoms with Crippen LogP contribution < -0.4 is 5.32 Å². The van der Waals surface area contributed by atoms with Crippen LogP contribution in [0.5, 0.6) is 0 Å². The van der Waals surface area contributed by atoms with Crippen LogP contribution in [-0.4, -0.2) is 53.1 Å². The van der Waals surface area contributed by atoms with Gasteiger partial charge in [0, 0.05) is 43.2 Å². The second-order valence-electron chi connectivity index (χ2n) is 7.30. The van der Waals surface area contributed by atoms with Crippen molar-refractivity contribution in [2.24, 2.45) is 18.0 Å². The average molecular weight is 420 g/mol. The molecule has 1 aromatic heterocycles. The fraction of sp³-hybridized carbons (Fsp3) is 0.524. The molecule has 1 aliphatic rings. The molecule has 152 valence electrons. The summed E-state index contributed by atoms with van der Waals surface area (Å²) >= 11 is 7.99. The van der Waals surface area contributed by atoms with Crippen molar-refractivity contribution < 1.29 is 0 Å². The Balaban J connectivity index is 1.63. The number of nitrogens with one attached hydrogen (secondary N) is 1. The van der Waals surface area contributed by atoms with Gasteiger partial charge < -0.3 is 10.2 Å². The van der Waals surface area contributed by atoms with Gasteiger partial charge in [0.05, 0.1) is 12.7 Å². The van der Waals surface area contributed by atoms with Gasteiger partial charge >= 0.3 is 0 Å². The van der Waals surface area contributed by atoms with Gasteiger partial charge in [0.2, 0.25) is 0 Å². The zero-order valence-electron chi connectivity index (χ0n) is 16.9. The van der Waals surface area contributed by atoms with Crippen LogP contribution in [0.15, 0.2) is 41.7 Å². The van der Waals surface area contributed by atoms with E-state index in [4.69, 9.17) is 16.6 Å². The number of hydrogen-bond acceptors (Lipinski definition) is 3. The average Bonchev–Trinajstić information content (AvgIpc) is 3.31. The summed E-state index contributed by atoms with van der Waals surface area (Å²) < 4.78 is 1.88. The van der Waals surface area contributed by atoms with Gasteiger partial charge in [-0.3, -0.25) is 9.67 Å². The highest BCUT2D eigenvalue weighted by Crippen LogP contribution is 2.29. The summed E-state index contributed by atoms with van der Waals surface area (Å²) in [5.74, 6) is 1.68. The number of likely N-dealkylation sites (tertiary alicyclic amines) is 1.